The normalized spacial score (nSPS) is 12.1. The molecule has 42 heavy (non-hydrogen) atoms. The summed E-state index contributed by atoms with van der Waals surface area (Å²) in [5.74, 6) is 0.352. The second-order valence-corrected chi connectivity index (χ2v) is 10.8. The molecule has 0 radical (unpaired) electrons. The molecule has 0 aliphatic carbocycles. The molecule has 5 aromatic rings. The fourth-order valence-corrected chi connectivity index (χ4v) is 4.44. The van der Waals surface area contributed by atoms with E-state index in [1.54, 1.807) is 12.1 Å². The molecule has 0 bridgehead atoms. The molecule has 0 saturated heterocycles. The third-order valence-electron chi connectivity index (χ3n) is 5.48. The first-order valence-electron chi connectivity index (χ1n) is 11.6. The van der Waals surface area contributed by atoms with Gasteiger partial charge in [-0.3, -0.25) is 9.55 Å². The number of halogens is 4. The summed E-state index contributed by atoms with van der Waals surface area (Å²) in [7, 11) is -2.05. The Balaban J connectivity index is 1.55. The van der Waals surface area contributed by atoms with Gasteiger partial charge in [0.05, 0.1) is 22.7 Å². The molecular formula is C25H17ClF3N7O5S. The van der Waals surface area contributed by atoms with Gasteiger partial charge in [-0.1, -0.05) is 11.6 Å². The van der Waals surface area contributed by atoms with Crippen LogP contribution in [-0.2, 0) is 9.84 Å². The van der Waals surface area contributed by atoms with Crippen LogP contribution in [0.2, 0.25) is 5.02 Å². The van der Waals surface area contributed by atoms with E-state index in [-0.39, 0.29) is 44.7 Å². The van der Waals surface area contributed by atoms with Crippen molar-refractivity contribution in [2.24, 2.45) is 0 Å². The van der Waals surface area contributed by atoms with Gasteiger partial charge in [-0.2, -0.15) is 0 Å². The molecule has 0 amide bonds. The molecule has 216 valence electrons. The summed E-state index contributed by atoms with van der Waals surface area (Å²) >= 11 is 6.38. The van der Waals surface area contributed by atoms with Gasteiger partial charge in [0, 0.05) is 42.4 Å². The Kier molecular flexibility index (Phi) is 7.66. The largest absolute Gasteiger partial charge is 0.573 e. The minimum Gasteiger partial charge on any atom is -0.481 e. The van der Waals surface area contributed by atoms with E-state index >= 15 is 0 Å². The Morgan fingerprint density at radius 1 is 1.00 bits per heavy atom. The van der Waals surface area contributed by atoms with Crippen molar-refractivity contribution in [2.45, 2.75) is 11.3 Å². The van der Waals surface area contributed by atoms with Crippen LogP contribution in [-0.4, -0.2) is 63.1 Å². The molecule has 4 aromatic heterocycles. The van der Waals surface area contributed by atoms with Gasteiger partial charge in [-0.05, 0) is 36.4 Å². The van der Waals surface area contributed by atoms with Gasteiger partial charge in [-0.15, -0.1) is 33.6 Å². The highest BCUT2D eigenvalue weighted by molar-refractivity contribution is 7.90. The van der Waals surface area contributed by atoms with E-state index in [0.717, 1.165) is 24.6 Å². The monoisotopic (exact) mass is 619 g/mol. The lowest BCUT2D eigenvalue weighted by atomic mass is 10.2. The predicted molar refractivity (Wildman–Crippen MR) is 142 cm³/mol. The van der Waals surface area contributed by atoms with Crippen LogP contribution < -0.4 is 9.47 Å². The summed E-state index contributed by atoms with van der Waals surface area (Å²) in [4.78, 5) is 8.18. The minimum absolute atomic E-state index is 0.0249. The summed E-state index contributed by atoms with van der Waals surface area (Å²) in [6.45, 7) is 0. The number of sulfone groups is 1. The van der Waals surface area contributed by atoms with Crippen LogP contribution in [0.4, 0.5) is 13.2 Å². The summed E-state index contributed by atoms with van der Waals surface area (Å²) in [5, 5.41) is 16.2. The number of rotatable bonds is 8. The lowest BCUT2D eigenvalue weighted by Crippen LogP contribution is -2.17. The summed E-state index contributed by atoms with van der Waals surface area (Å²) in [5.41, 5.74) is 0.943. The Bertz CT molecular complexity index is 1890. The van der Waals surface area contributed by atoms with Crippen LogP contribution >= 0.6 is 11.6 Å². The second-order valence-electron chi connectivity index (χ2n) is 8.40. The van der Waals surface area contributed by atoms with Crippen molar-refractivity contribution in [3.05, 3.63) is 71.6 Å². The zero-order valence-electron chi connectivity index (χ0n) is 21.4. The molecule has 0 fully saturated rings. The summed E-state index contributed by atoms with van der Waals surface area (Å²) in [6, 6.07) is 9.34. The molecule has 4 heterocycles. The Morgan fingerprint density at radius 3 is 2.48 bits per heavy atom. The lowest BCUT2D eigenvalue weighted by molar-refractivity contribution is -0.274. The summed E-state index contributed by atoms with van der Waals surface area (Å²) in [6.07, 6.45) is 1.68. The molecular weight excluding hydrogens is 603 g/mol. The molecule has 0 saturated carbocycles. The highest BCUT2D eigenvalue weighted by atomic mass is 35.5. The second kappa shape index (κ2) is 11.2. The number of nitrogens with zero attached hydrogens (tertiary/aromatic N) is 7. The van der Waals surface area contributed by atoms with E-state index in [4.69, 9.17) is 20.8 Å². The molecule has 12 nitrogen and oxygen atoms in total. The molecule has 0 aliphatic rings. The smallest absolute Gasteiger partial charge is 0.481 e. The van der Waals surface area contributed by atoms with Gasteiger partial charge in [0.25, 0.3) is 0 Å². The fourth-order valence-electron chi connectivity index (χ4n) is 3.62. The van der Waals surface area contributed by atoms with Crippen molar-refractivity contribution in [1.82, 2.24) is 34.9 Å². The SMILES string of the molecule is COc1cc(-c2nnc(C=Cc3nnc(-c4ccc(S(C)(=O)=O)cn4)n3-c3ccc(OC(F)(F)F)cc3Cl)o2)ccn1. The van der Waals surface area contributed by atoms with Crippen molar-refractivity contribution in [3.63, 3.8) is 0 Å². The number of alkyl halides is 3. The van der Waals surface area contributed by atoms with Crippen LogP contribution in [0.5, 0.6) is 11.6 Å². The molecule has 5 rings (SSSR count). The lowest BCUT2D eigenvalue weighted by Gasteiger charge is -2.13. The maximum atomic E-state index is 12.7. The van der Waals surface area contributed by atoms with E-state index < -0.39 is 21.9 Å². The van der Waals surface area contributed by atoms with Crippen molar-refractivity contribution in [2.75, 3.05) is 13.4 Å². The average molecular weight is 620 g/mol. The molecule has 17 heteroatoms. The molecule has 0 spiro atoms. The van der Waals surface area contributed by atoms with Crippen molar-refractivity contribution in [1.29, 1.82) is 0 Å². The van der Waals surface area contributed by atoms with Crippen LogP contribution in [0.15, 0.2) is 64.2 Å². The van der Waals surface area contributed by atoms with Crippen molar-refractivity contribution >= 4 is 33.6 Å². The minimum atomic E-state index is -4.92. The summed E-state index contributed by atoms with van der Waals surface area (Å²) < 4.78 is 78.1. The fraction of sp³-hybridized carbons (Fsp3) is 0.120. The van der Waals surface area contributed by atoms with Gasteiger partial charge in [0.2, 0.25) is 17.7 Å². The van der Waals surface area contributed by atoms with E-state index in [1.165, 1.54) is 48.2 Å². The van der Waals surface area contributed by atoms with Gasteiger partial charge >= 0.3 is 6.36 Å². The Morgan fingerprint density at radius 2 is 1.81 bits per heavy atom. The average Bonchev–Trinajstić information content (AvgIpc) is 3.58. The molecule has 0 unspecified atom stereocenters. The Labute approximate surface area is 240 Å². The van der Waals surface area contributed by atoms with Gasteiger partial charge in [-0.25, -0.2) is 13.4 Å². The van der Waals surface area contributed by atoms with E-state index in [2.05, 4.69) is 35.1 Å². The van der Waals surface area contributed by atoms with Gasteiger partial charge in [0.1, 0.15) is 11.4 Å². The quantitative estimate of drug-likeness (QED) is 0.233. The first kappa shape index (κ1) is 28.7. The zero-order valence-corrected chi connectivity index (χ0v) is 23.0. The van der Waals surface area contributed by atoms with Crippen LogP contribution in [0.25, 0.3) is 40.8 Å². The number of hydrogen-bond donors (Lipinski definition) is 0. The number of ether oxygens (including phenoxy) is 2. The van der Waals surface area contributed by atoms with Crippen LogP contribution in [0.1, 0.15) is 11.7 Å². The first-order valence-corrected chi connectivity index (χ1v) is 13.9. The number of methoxy groups -OCH3 is 1. The molecule has 0 aliphatic heterocycles. The van der Waals surface area contributed by atoms with Crippen LogP contribution in [0, 0.1) is 0 Å². The van der Waals surface area contributed by atoms with Gasteiger partial charge < -0.3 is 13.9 Å². The van der Waals surface area contributed by atoms with Crippen molar-refractivity contribution in [3.8, 4) is 40.3 Å². The highest BCUT2D eigenvalue weighted by Crippen LogP contribution is 2.33. The number of pyridine rings is 2. The van der Waals surface area contributed by atoms with E-state index in [1.807, 2.05) is 0 Å². The number of aromatic nitrogens is 7. The highest BCUT2D eigenvalue weighted by Gasteiger charge is 2.31. The van der Waals surface area contributed by atoms with Gasteiger partial charge in [0.15, 0.2) is 21.5 Å². The predicted octanol–water partition coefficient (Wildman–Crippen LogP) is 4.91. The third kappa shape index (κ3) is 6.39. The first-order chi connectivity index (χ1) is 19.9. The third-order valence-corrected chi connectivity index (χ3v) is 6.88. The zero-order chi connectivity index (χ0) is 30.1. The maximum Gasteiger partial charge on any atom is 0.573 e. The standard InChI is InChI=1S/C25H17ClF3N7O5S/c1-39-22-11-14(9-10-30-22)24-35-33-21(40-24)8-7-20-32-34-23(18-5-4-16(13-31-18)42(2,37)38)36(20)19-6-3-15(12-17(19)26)41-25(27,28)29/h3-13H,1-2H3. The van der Waals surface area contributed by atoms with E-state index in [0.29, 0.717) is 11.4 Å². The Hall–Kier alpha value is -4.83. The number of benzene rings is 1. The van der Waals surface area contributed by atoms with E-state index in [9.17, 15) is 21.6 Å². The molecule has 0 atom stereocenters. The topological polar surface area (TPSA) is 148 Å². The molecule has 1 aromatic carbocycles. The van der Waals surface area contributed by atoms with Crippen molar-refractivity contribution < 1.29 is 35.5 Å². The maximum absolute atomic E-state index is 12.7. The molecule has 0 N–H and O–H groups in total. The number of hydrogen-bond acceptors (Lipinski definition) is 11. The van der Waals surface area contributed by atoms with Crippen LogP contribution in [0.3, 0.4) is 0 Å².